The van der Waals surface area contributed by atoms with E-state index in [1.807, 2.05) is 0 Å². The zero-order valence-corrected chi connectivity index (χ0v) is 9.41. The fourth-order valence-electron chi connectivity index (χ4n) is 1.21. The molecule has 0 heterocycles. The molecule has 3 N–H and O–H groups in total. The molecule has 0 spiro atoms. The second-order valence-electron chi connectivity index (χ2n) is 3.33. The maximum absolute atomic E-state index is 11.1. The van der Waals surface area contributed by atoms with E-state index in [9.17, 15) is 13.2 Å². The average Bonchev–Trinajstić information content (AvgIpc) is 2.15. The highest BCUT2D eigenvalue weighted by molar-refractivity contribution is 7.86. The van der Waals surface area contributed by atoms with Crippen LogP contribution in [-0.4, -0.2) is 18.9 Å². The Morgan fingerprint density at radius 3 is 2.38 bits per heavy atom. The van der Waals surface area contributed by atoms with Gasteiger partial charge in [-0.25, -0.2) is 0 Å². The molecule has 16 heavy (non-hydrogen) atoms. The molecular weight excluding hydrogens is 230 g/mol. The Labute approximate surface area is 93.3 Å². The number of amides is 1. The Hall–Kier alpha value is -1.66. The lowest BCUT2D eigenvalue weighted by atomic mass is 10.1. The Morgan fingerprint density at radius 2 is 2.00 bits per heavy atom. The van der Waals surface area contributed by atoms with Crippen LogP contribution in [0.3, 0.4) is 0 Å². The summed E-state index contributed by atoms with van der Waals surface area (Å²) >= 11 is 0. The highest BCUT2D eigenvalue weighted by Crippen LogP contribution is 2.20. The van der Waals surface area contributed by atoms with E-state index >= 15 is 0 Å². The molecule has 0 saturated heterocycles. The van der Waals surface area contributed by atoms with Crippen LogP contribution < -0.4 is 5.73 Å². The SMILES string of the molecule is C=C(C)c1ccc(S(=O)(=O)O)c(C(N)=O)c1. The van der Waals surface area contributed by atoms with Crippen LogP contribution in [0.1, 0.15) is 22.8 Å². The van der Waals surface area contributed by atoms with Crippen molar-refractivity contribution in [2.45, 2.75) is 11.8 Å². The normalized spacial score (nSPS) is 11.1. The predicted octanol–water partition coefficient (Wildman–Crippen LogP) is 1.07. The number of nitrogens with two attached hydrogens (primary N) is 1. The van der Waals surface area contributed by atoms with Crippen LogP contribution in [0.2, 0.25) is 0 Å². The molecule has 0 fully saturated rings. The fraction of sp³-hybridized carbons (Fsp3) is 0.100. The molecule has 86 valence electrons. The summed E-state index contributed by atoms with van der Waals surface area (Å²) in [6.07, 6.45) is 0. The zero-order chi connectivity index (χ0) is 12.5. The molecule has 0 saturated carbocycles. The molecule has 0 aliphatic carbocycles. The summed E-state index contributed by atoms with van der Waals surface area (Å²) < 4.78 is 30.8. The second-order valence-corrected chi connectivity index (χ2v) is 4.72. The van der Waals surface area contributed by atoms with Gasteiger partial charge in [-0.2, -0.15) is 8.42 Å². The molecule has 0 aliphatic rings. The lowest BCUT2D eigenvalue weighted by Gasteiger charge is -2.06. The summed E-state index contributed by atoms with van der Waals surface area (Å²) in [4.78, 5) is 10.6. The van der Waals surface area contributed by atoms with Gasteiger partial charge in [0.1, 0.15) is 4.90 Å². The molecule has 0 unspecified atom stereocenters. The van der Waals surface area contributed by atoms with Crippen LogP contribution in [0.4, 0.5) is 0 Å². The lowest BCUT2D eigenvalue weighted by Crippen LogP contribution is -2.16. The first-order valence-corrected chi connectivity index (χ1v) is 5.74. The summed E-state index contributed by atoms with van der Waals surface area (Å²) in [7, 11) is -4.45. The maximum atomic E-state index is 11.1. The molecule has 6 heteroatoms. The zero-order valence-electron chi connectivity index (χ0n) is 8.60. The number of benzene rings is 1. The maximum Gasteiger partial charge on any atom is 0.295 e. The summed E-state index contributed by atoms with van der Waals surface area (Å²) in [6.45, 7) is 5.36. The molecule has 0 bridgehead atoms. The minimum Gasteiger partial charge on any atom is -0.366 e. The molecule has 0 radical (unpaired) electrons. The van der Waals surface area contributed by atoms with E-state index in [0.717, 1.165) is 6.07 Å². The van der Waals surface area contributed by atoms with E-state index in [0.29, 0.717) is 11.1 Å². The number of allylic oxidation sites excluding steroid dienone is 1. The van der Waals surface area contributed by atoms with E-state index in [4.69, 9.17) is 10.3 Å². The van der Waals surface area contributed by atoms with E-state index in [1.54, 1.807) is 6.92 Å². The van der Waals surface area contributed by atoms with Gasteiger partial charge >= 0.3 is 0 Å². The molecule has 0 aromatic heterocycles. The first kappa shape index (κ1) is 12.4. The largest absolute Gasteiger partial charge is 0.366 e. The van der Waals surface area contributed by atoms with Crippen molar-refractivity contribution in [3.05, 3.63) is 35.9 Å². The van der Waals surface area contributed by atoms with Crippen LogP contribution in [0.5, 0.6) is 0 Å². The van der Waals surface area contributed by atoms with Gasteiger partial charge in [-0.15, -0.1) is 0 Å². The number of rotatable bonds is 3. The third kappa shape index (κ3) is 2.47. The van der Waals surface area contributed by atoms with Crippen LogP contribution in [-0.2, 0) is 10.1 Å². The monoisotopic (exact) mass is 241 g/mol. The van der Waals surface area contributed by atoms with Crippen molar-refractivity contribution >= 4 is 21.6 Å². The van der Waals surface area contributed by atoms with Gasteiger partial charge in [-0.05, 0) is 24.6 Å². The van der Waals surface area contributed by atoms with Gasteiger partial charge in [-0.1, -0.05) is 18.2 Å². The topological polar surface area (TPSA) is 97.5 Å². The summed E-state index contributed by atoms with van der Waals surface area (Å²) in [5.74, 6) is -0.921. The third-order valence-electron chi connectivity index (χ3n) is 2.02. The number of carbonyl (C=O) groups is 1. The minimum absolute atomic E-state index is 0.247. The van der Waals surface area contributed by atoms with E-state index in [-0.39, 0.29) is 5.56 Å². The molecule has 1 rings (SSSR count). The van der Waals surface area contributed by atoms with Crippen LogP contribution in [0.25, 0.3) is 5.57 Å². The number of primary amides is 1. The van der Waals surface area contributed by atoms with Crippen LogP contribution in [0.15, 0.2) is 29.7 Å². The van der Waals surface area contributed by atoms with Gasteiger partial charge in [0.2, 0.25) is 5.91 Å². The van der Waals surface area contributed by atoms with Crippen molar-refractivity contribution < 1.29 is 17.8 Å². The van der Waals surface area contributed by atoms with Gasteiger partial charge < -0.3 is 5.73 Å². The smallest absolute Gasteiger partial charge is 0.295 e. The Balaban J connectivity index is 3.55. The first-order chi connectivity index (χ1) is 7.23. The first-order valence-electron chi connectivity index (χ1n) is 4.30. The minimum atomic E-state index is -4.45. The standard InChI is InChI=1S/C10H11NO4S/c1-6(2)7-3-4-9(16(13,14)15)8(5-7)10(11)12/h3-5H,1H2,2H3,(H2,11,12)(H,13,14,15). The van der Waals surface area contributed by atoms with Crippen molar-refractivity contribution in [3.63, 3.8) is 0 Å². The summed E-state index contributed by atoms with van der Waals surface area (Å²) in [6, 6.07) is 3.85. The van der Waals surface area contributed by atoms with Crippen LogP contribution >= 0.6 is 0 Å². The van der Waals surface area contributed by atoms with Gasteiger partial charge in [0.25, 0.3) is 10.1 Å². The van der Waals surface area contributed by atoms with Gasteiger partial charge in [0.05, 0.1) is 5.56 Å². The van der Waals surface area contributed by atoms with Crippen molar-refractivity contribution in [2.24, 2.45) is 5.73 Å². The number of hydrogen-bond donors (Lipinski definition) is 2. The summed E-state index contributed by atoms with van der Waals surface area (Å²) in [5, 5.41) is 0. The average molecular weight is 241 g/mol. The fourth-order valence-corrected chi connectivity index (χ4v) is 1.89. The van der Waals surface area contributed by atoms with Crippen molar-refractivity contribution in [1.29, 1.82) is 0 Å². The van der Waals surface area contributed by atoms with Gasteiger partial charge in [0, 0.05) is 0 Å². The lowest BCUT2D eigenvalue weighted by molar-refractivity contribution is 0.0997. The Morgan fingerprint density at radius 1 is 1.44 bits per heavy atom. The highest BCUT2D eigenvalue weighted by atomic mass is 32.2. The van der Waals surface area contributed by atoms with Crippen LogP contribution in [0, 0.1) is 0 Å². The molecule has 0 atom stereocenters. The third-order valence-corrected chi connectivity index (χ3v) is 2.93. The Kier molecular flexibility index (Phi) is 3.16. The molecule has 5 nitrogen and oxygen atoms in total. The molecule has 1 amide bonds. The molecule has 1 aromatic carbocycles. The highest BCUT2D eigenvalue weighted by Gasteiger charge is 2.19. The molecule has 1 aromatic rings. The van der Waals surface area contributed by atoms with E-state index in [2.05, 4.69) is 6.58 Å². The molecule has 0 aliphatic heterocycles. The predicted molar refractivity (Wildman–Crippen MR) is 59.5 cm³/mol. The Bertz CT molecular complexity index is 560. The quantitative estimate of drug-likeness (QED) is 0.773. The van der Waals surface area contributed by atoms with Gasteiger partial charge in [-0.3, -0.25) is 9.35 Å². The second kappa shape index (κ2) is 4.07. The molecular formula is C10H11NO4S. The van der Waals surface area contributed by atoms with E-state index < -0.39 is 20.9 Å². The van der Waals surface area contributed by atoms with Crippen molar-refractivity contribution in [1.82, 2.24) is 0 Å². The van der Waals surface area contributed by atoms with E-state index in [1.165, 1.54) is 12.1 Å². The summed E-state index contributed by atoms with van der Waals surface area (Å²) in [5.41, 5.74) is 6.03. The van der Waals surface area contributed by atoms with Crippen molar-refractivity contribution in [3.8, 4) is 0 Å². The number of hydrogen-bond acceptors (Lipinski definition) is 3. The van der Waals surface area contributed by atoms with Crippen molar-refractivity contribution in [2.75, 3.05) is 0 Å². The van der Waals surface area contributed by atoms with Gasteiger partial charge in [0.15, 0.2) is 0 Å². The number of carbonyl (C=O) groups excluding carboxylic acids is 1.